The van der Waals surface area contributed by atoms with Gasteiger partial charge in [0.15, 0.2) is 0 Å². The molecule has 3 heteroatoms. The fraction of sp³-hybridized carbons (Fsp3) is 0.211. The summed E-state index contributed by atoms with van der Waals surface area (Å²) in [6.07, 6.45) is 6.23. The summed E-state index contributed by atoms with van der Waals surface area (Å²) in [4.78, 5) is 12.7. The molecule has 2 aromatic carbocycles. The summed E-state index contributed by atoms with van der Waals surface area (Å²) in [7, 11) is 0. The molecule has 0 amide bonds. The molecular weight excluding hydrogens is 292 g/mol. The van der Waals surface area contributed by atoms with Crippen LogP contribution in [-0.4, -0.2) is 18.8 Å². The highest BCUT2D eigenvalue weighted by Gasteiger charge is 2.02. The maximum absolute atomic E-state index is 11.4. The SMILES string of the molecule is CCOC(=O)/C=C/c1ccccc1Cc1ccc(SC)cc1. The smallest absolute Gasteiger partial charge is 0.330 e. The molecule has 0 atom stereocenters. The number of rotatable bonds is 6. The van der Waals surface area contributed by atoms with Gasteiger partial charge < -0.3 is 4.74 Å². The number of carbonyl (C=O) groups excluding carboxylic acids is 1. The van der Waals surface area contributed by atoms with Crippen molar-refractivity contribution in [2.24, 2.45) is 0 Å². The maximum Gasteiger partial charge on any atom is 0.330 e. The van der Waals surface area contributed by atoms with Gasteiger partial charge in [-0.25, -0.2) is 4.79 Å². The molecule has 22 heavy (non-hydrogen) atoms. The summed E-state index contributed by atoms with van der Waals surface area (Å²) in [5.41, 5.74) is 3.50. The van der Waals surface area contributed by atoms with Gasteiger partial charge in [0.05, 0.1) is 6.61 Å². The van der Waals surface area contributed by atoms with E-state index in [2.05, 4.69) is 36.6 Å². The minimum Gasteiger partial charge on any atom is -0.463 e. The highest BCUT2D eigenvalue weighted by Crippen LogP contribution is 2.19. The monoisotopic (exact) mass is 312 g/mol. The van der Waals surface area contributed by atoms with E-state index in [1.807, 2.05) is 24.3 Å². The number of carbonyl (C=O) groups is 1. The van der Waals surface area contributed by atoms with Gasteiger partial charge in [0.2, 0.25) is 0 Å². The number of thioether (sulfide) groups is 1. The first-order valence-electron chi connectivity index (χ1n) is 7.28. The van der Waals surface area contributed by atoms with Gasteiger partial charge in [-0.3, -0.25) is 0 Å². The Bertz CT molecular complexity index is 645. The Balaban J connectivity index is 2.15. The summed E-state index contributed by atoms with van der Waals surface area (Å²) in [6.45, 7) is 2.20. The van der Waals surface area contributed by atoms with Crippen molar-refractivity contribution >= 4 is 23.8 Å². The van der Waals surface area contributed by atoms with Gasteiger partial charge in [-0.1, -0.05) is 36.4 Å². The fourth-order valence-electron chi connectivity index (χ4n) is 2.17. The molecule has 0 heterocycles. The van der Waals surface area contributed by atoms with E-state index in [9.17, 15) is 4.79 Å². The number of esters is 1. The topological polar surface area (TPSA) is 26.3 Å². The van der Waals surface area contributed by atoms with Gasteiger partial charge >= 0.3 is 5.97 Å². The third-order valence-electron chi connectivity index (χ3n) is 3.29. The first kappa shape index (κ1) is 16.4. The van der Waals surface area contributed by atoms with E-state index in [4.69, 9.17) is 4.74 Å². The van der Waals surface area contributed by atoms with Gasteiger partial charge in [0, 0.05) is 11.0 Å². The van der Waals surface area contributed by atoms with Crippen molar-refractivity contribution in [3.8, 4) is 0 Å². The lowest BCUT2D eigenvalue weighted by molar-refractivity contribution is -0.137. The molecule has 0 saturated carbocycles. The zero-order valence-corrected chi connectivity index (χ0v) is 13.7. The highest BCUT2D eigenvalue weighted by molar-refractivity contribution is 7.98. The van der Waals surface area contributed by atoms with Gasteiger partial charge in [-0.15, -0.1) is 11.8 Å². The third-order valence-corrected chi connectivity index (χ3v) is 4.04. The van der Waals surface area contributed by atoms with Crippen molar-refractivity contribution in [1.82, 2.24) is 0 Å². The van der Waals surface area contributed by atoms with Crippen LogP contribution in [0.15, 0.2) is 59.5 Å². The molecule has 0 bridgehead atoms. The minimum absolute atomic E-state index is 0.304. The van der Waals surface area contributed by atoms with Crippen LogP contribution in [0.25, 0.3) is 6.08 Å². The number of hydrogen-bond acceptors (Lipinski definition) is 3. The van der Waals surface area contributed by atoms with Gasteiger partial charge in [0.1, 0.15) is 0 Å². The Kier molecular flexibility index (Phi) is 6.28. The van der Waals surface area contributed by atoms with Crippen molar-refractivity contribution in [1.29, 1.82) is 0 Å². The van der Waals surface area contributed by atoms with E-state index in [1.165, 1.54) is 22.1 Å². The Hall–Kier alpha value is -2.00. The second-order valence-corrected chi connectivity index (χ2v) is 5.69. The molecule has 0 aliphatic carbocycles. The second-order valence-electron chi connectivity index (χ2n) is 4.81. The fourth-order valence-corrected chi connectivity index (χ4v) is 2.58. The van der Waals surface area contributed by atoms with Crippen LogP contribution in [-0.2, 0) is 16.0 Å². The first-order valence-corrected chi connectivity index (χ1v) is 8.51. The third kappa shape index (κ3) is 4.78. The minimum atomic E-state index is -0.304. The lowest BCUT2D eigenvalue weighted by atomic mass is 9.99. The van der Waals surface area contributed by atoms with Crippen LogP contribution in [0.5, 0.6) is 0 Å². The van der Waals surface area contributed by atoms with Crippen LogP contribution in [0.4, 0.5) is 0 Å². The lowest BCUT2D eigenvalue weighted by Gasteiger charge is -2.07. The molecule has 0 radical (unpaired) electrons. The Labute approximate surface area is 136 Å². The number of benzene rings is 2. The van der Waals surface area contributed by atoms with Crippen molar-refractivity contribution < 1.29 is 9.53 Å². The molecule has 0 aliphatic rings. The molecule has 114 valence electrons. The molecule has 0 saturated heterocycles. The zero-order chi connectivity index (χ0) is 15.8. The van der Waals surface area contributed by atoms with Crippen LogP contribution >= 0.6 is 11.8 Å². The van der Waals surface area contributed by atoms with E-state index in [-0.39, 0.29) is 5.97 Å². The molecule has 0 N–H and O–H groups in total. The Morgan fingerprint density at radius 1 is 1.14 bits per heavy atom. The molecule has 0 fully saturated rings. The molecule has 0 spiro atoms. The van der Waals surface area contributed by atoms with E-state index in [0.29, 0.717) is 6.61 Å². The standard InChI is InChI=1S/C19H20O2S/c1-3-21-19(20)13-10-16-6-4-5-7-17(16)14-15-8-11-18(22-2)12-9-15/h4-13H,3,14H2,1-2H3/b13-10+. The van der Waals surface area contributed by atoms with E-state index in [0.717, 1.165) is 12.0 Å². The Morgan fingerprint density at radius 2 is 1.86 bits per heavy atom. The van der Waals surface area contributed by atoms with Crippen molar-refractivity contribution in [2.75, 3.05) is 12.9 Å². The summed E-state index contributed by atoms with van der Waals surface area (Å²) in [5, 5.41) is 0. The van der Waals surface area contributed by atoms with E-state index in [1.54, 1.807) is 18.7 Å². The van der Waals surface area contributed by atoms with E-state index < -0.39 is 0 Å². The van der Waals surface area contributed by atoms with Crippen molar-refractivity contribution in [2.45, 2.75) is 18.2 Å². The average molecular weight is 312 g/mol. The summed E-state index contributed by atoms with van der Waals surface area (Å²) in [6, 6.07) is 16.7. The predicted octanol–water partition coefficient (Wildman–Crippen LogP) is 4.58. The number of ether oxygens (including phenoxy) is 1. The summed E-state index contributed by atoms with van der Waals surface area (Å²) in [5.74, 6) is -0.304. The predicted molar refractivity (Wildman–Crippen MR) is 93.1 cm³/mol. The zero-order valence-electron chi connectivity index (χ0n) is 12.9. The second kappa shape index (κ2) is 8.44. The number of hydrogen-bond donors (Lipinski definition) is 0. The molecule has 2 rings (SSSR count). The van der Waals surface area contributed by atoms with Crippen molar-refractivity contribution in [3.63, 3.8) is 0 Å². The Morgan fingerprint density at radius 3 is 2.55 bits per heavy atom. The quantitative estimate of drug-likeness (QED) is 0.444. The molecule has 2 aromatic rings. The van der Waals surface area contributed by atoms with Gasteiger partial charge in [-0.2, -0.15) is 0 Å². The van der Waals surface area contributed by atoms with Gasteiger partial charge in [0.25, 0.3) is 0 Å². The summed E-state index contributed by atoms with van der Waals surface area (Å²) < 4.78 is 4.92. The molecule has 0 aliphatic heterocycles. The van der Waals surface area contributed by atoms with Crippen LogP contribution in [0, 0.1) is 0 Å². The largest absolute Gasteiger partial charge is 0.463 e. The molecule has 0 unspecified atom stereocenters. The molecular formula is C19H20O2S. The van der Waals surface area contributed by atoms with Gasteiger partial charge in [-0.05, 0) is 54.5 Å². The summed E-state index contributed by atoms with van der Waals surface area (Å²) >= 11 is 1.74. The average Bonchev–Trinajstić information content (AvgIpc) is 2.55. The lowest BCUT2D eigenvalue weighted by Crippen LogP contribution is -1.99. The van der Waals surface area contributed by atoms with Crippen LogP contribution in [0.3, 0.4) is 0 Å². The molecule has 2 nitrogen and oxygen atoms in total. The molecule has 0 aromatic heterocycles. The van der Waals surface area contributed by atoms with E-state index >= 15 is 0 Å². The first-order chi connectivity index (χ1) is 10.7. The maximum atomic E-state index is 11.4. The van der Waals surface area contributed by atoms with Crippen LogP contribution in [0.2, 0.25) is 0 Å². The van der Waals surface area contributed by atoms with Crippen LogP contribution in [0.1, 0.15) is 23.6 Å². The normalized spacial score (nSPS) is 10.8. The van der Waals surface area contributed by atoms with Crippen molar-refractivity contribution in [3.05, 3.63) is 71.3 Å². The van der Waals surface area contributed by atoms with Crippen LogP contribution < -0.4 is 0 Å². The highest BCUT2D eigenvalue weighted by atomic mass is 32.2.